The summed E-state index contributed by atoms with van der Waals surface area (Å²) in [6.07, 6.45) is 9.67. The third-order valence-corrected chi connectivity index (χ3v) is 5.09. The minimum Gasteiger partial charge on any atom is -0.496 e. The Labute approximate surface area is 165 Å². The Morgan fingerprint density at radius 2 is 2.07 bits per heavy atom. The highest BCUT2D eigenvalue weighted by atomic mass is 16.5. The highest BCUT2D eigenvalue weighted by molar-refractivity contribution is 5.37. The summed E-state index contributed by atoms with van der Waals surface area (Å²) < 4.78 is 7.44. The number of ether oxygens (including phenoxy) is 1. The fraction of sp³-hybridized carbons (Fsp3) is 0.381. The Morgan fingerprint density at radius 3 is 2.86 bits per heavy atom. The zero-order chi connectivity index (χ0) is 19.2. The van der Waals surface area contributed by atoms with E-state index < -0.39 is 0 Å². The molecule has 1 N–H and O–H groups in total. The van der Waals surface area contributed by atoms with Gasteiger partial charge >= 0.3 is 0 Å². The van der Waals surface area contributed by atoms with E-state index in [0.717, 1.165) is 43.3 Å². The Kier molecular flexibility index (Phi) is 5.82. The molecule has 1 saturated heterocycles. The van der Waals surface area contributed by atoms with Gasteiger partial charge in [-0.05, 0) is 42.7 Å². The maximum absolute atomic E-state index is 5.52. The summed E-state index contributed by atoms with van der Waals surface area (Å²) >= 11 is 0. The van der Waals surface area contributed by atoms with Gasteiger partial charge in [-0.25, -0.2) is 9.97 Å². The van der Waals surface area contributed by atoms with Crippen LogP contribution in [0.15, 0.2) is 55.1 Å². The molecule has 3 aromatic rings. The van der Waals surface area contributed by atoms with Crippen LogP contribution in [0.25, 0.3) is 0 Å². The molecule has 0 amide bonds. The van der Waals surface area contributed by atoms with Crippen LogP contribution >= 0.6 is 0 Å². The van der Waals surface area contributed by atoms with Crippen molar-refractivity contribution in [1.29, 1.82) is 0 Å². The Hall–Kier alpha value is -2.93. The lowest BCUT2D eigenvalue weighted by molar-refractivity contribution is 0.405. The van der Waals surface area contributed by atoms with E-state index in [2.05, 4.69) is 37.4 Å². The molecule has 7 nitrogen and oxygen atoms in total. The van der Waals surface area contributed by atoms with Crippen molar-refractivity contribution in [2.75, 3.05) is 25.1 Å². The topological polar surface area (TPSA) is 68.1 Å². The van der Waals surface area contributed by atoms with Gasteiger partial charge in [0.25, 0.3) is 0 Å². The number of aromatic nitrogens is 4. The summed E-state index contributed by atoms with van der Waals surface area (Å²) in [7, 11) is 1.71. The highest BCUT2D eigenvalue weighted by Crippen LogP contribution is 2.21. The van der Waals surface area contributed by atoms with Crippen molar-refractivity contribution in [2.45, 2.75) is 32.0 Å². The van der Waals surface area contributed by atoms with Crippen molar-refractivity contribution < 1.29 is 4.74 Å². The predicted molar refractivity (Wildman–Crippen MR) is 108 cm³/mol. The van der Waals surface area contributed by atoms with Gasteiger partial charge in [0.05, 0.1) is 13.7 Å². The molecular formula is C21H26N6O. The third kappa shape index (κ3) is 4.48. The van der Waals surface area contributed by atoms with Gasteiger partial charge in [0.2, 0.25) is 5.95 Å². The van der Waals surface area contributed by atoms with E-state index in [1.165, 1.54) is 12.0 Å². The van der Waals surface area contributed by atoms with E-state index in [9.17, 15) is 0 Å². The molecule has 0 saturated carbocycles. The number of benzene rings is 1. The lowest BCUT2D eigenvalue weighted by atomic mass is 10.0. The van der Waals surface area contributed by atoms with Gasteiger partial charge in [0, 0.05) is 56.0 Å². The molecular weight excluding hydrogens is 352 g/mol. The molecule has 0 radical (unpaired) electrons. The summed E-state index contributed by atoms with van der Waals surface area (Å²) in [6, 6.07) is 10.6. The number of hydrogen-bond acceptors (Lipinski definition) is 6. The fourth-order valence-electron chi connectivity index (χ4n) is 3.68. The number of nitrogens with one attached hydrogen (secondary N) is 1. The second-order valence-corrected chi connectivity index (χ2v) is 7.06. The molecule has 28 heavy (non-hydrogen) atoms. The van der Waals surface area contributed by atoms with E-state index in [1.807, 2.05) is 29.1 Å². The second kappa shape index (κ2) is 8.84. The third-order valence-electron chi connectivity index (χ3n) is 5.09. The van der Waals surface area contributed by atoms with Gasteiger partial charge in [-0.1, -0.05) is 6.07 Å². The molecule has 1 fully saturated rings. The monoisotopic (exact) mass is 378 g/mol. The molecule has 0 aliphatic carbocycles. The van der Waals surface area contributed by atoms with Crippen molar-refractivity contribution >= 4 is 5.95 Å². The smallest absolute Gasteiger partial charge is 0.225 e. The SMILES string of the molecule is COc1ccc(CNC2CCCN(c3ncccn3)C2)cc1Cn1cccn1. The van der Waals surface area contributed by atoms with Crippen molar-refractivity contribution in [3.63, 3.8) is 0 Å². The van der Waals surface area contributed by atoms with Crippen LogP contribution < -0.4 is 15.0 Å². The highest BCUT2D eigenvalue weighted by Gasteiger charge is 2.21. The standard InChI is InChI=1S/C21H26N6O/c1-28-20-7-6-17(13-18(20)15-27-12-4-10-25-27)14-24-19-5-2-11-26(16-19)21-22-8-3-9-23-21/h3-4,6-10,12-13,19,24H,2,5,11,14-16H2,1H3. The maximum Gasteiger partial charge on any atom is 0.225 e. The molecule has 1 aromatic carbocycles. The van der Waals surface area contributed by atoms with Crippen LogP contribution in [-0.2, 0) is 13.1 Å². The average Bonchev–Trinajstić information content (AvgIpc) is 3.26. The molecule has 1 unspecified atom stereocenters. The summed E-state index contributed by atoms with van der Waals surface area (Å²) in [4.78, 5) is 11.0. The van der Waals surface area contributed by atoms with Crippen LogP contribution in [0.5, 0.6) is 5.75 Å². The lowest BCUT2D eigenvalue weighted by Crippen LogP contribution is -2.46. The summed E-state index contributed by atoms with van der Waals surface area (Å²) in [6.45, 7) is 3.47. The Bertz CT molecular complexity index is 868. The number of hydrogen-bond donors (Lipinski definition) is 1. The zero-order valence-corrected chi connectivity index (χ0v) is 16.2. The number of piperidine rings is 1. The minimum absolute atomic E-state index is 0.425. The summed E-state index contributed by atoms with van der Waals surface area (Å²) in [5.74, 6) is 1.71. The summed E-state index contributed by atoms with van der Waals surface area (Å²) in [5.41, 5.74) is 2.38. The summed E-state index contributed by atoms with van der Waals surface area (Å²) in [5, 5.41) is 8.00. The van der Waals surface area contributed by atoms with Gasteiger partial charge in [-0.2, -0.15) is 5.10 Å². The van der Waals surface area contributed by atoms with E-state index in [-0.39, 0.29) is 0 Å². The number of rotatable bonds is 7. The zero-order valence-electron chi connectivity index (χ0n) is 16.2. The number of nitrogens with zero attached hydrogens (tertiary/aromatic N) is 5. The second-order valence-electron chi connectivity index (χ2n) is 7.06. The lowest BCUT2D eigenvalue weighted by Gasteiger charge is -2.33. The molecule has 7 heteroatoms. The van der Waals surface area contributed by atoms with Gasteiger partial charge < -0.3 is 15.0 Å². The van der Waals surface area contributed by atoms with E-state index in [0.29, 0.717) is 12.6 Å². The maximum atomic E-state index is 5.52. The van der Waals surface area contributed by atoms with Gasteiger partial charge in [-0.3, -0.25) is 4.68 Å². The van der Waals surface area contributed by atoms with E-state index in [1.54, 1.807) is 25.7 Å². The number of methoxy groups -OCH3 is 1. The average molecular weight is 378 g/mol. The first-order valence-corrected chi connectivity index (χ1v) is 9.70. The van der Waals surface area contributed by atoms with Crippen LogP contribution in [0, 0.1) is 0 Å². The molecule has 146 valence electrons. The molecule has 4 rings (SSSR count). The van der Waals surface area contributed by atoms with Crippen molar-refractivity contribution in [3.05, 3.63) is 66.2 Å². The molecule has 1 aliphatic rings. The molecule has 0 spiro atoms. The van der Waals surface area contributed by atoms with Crippen LogP contribution in [0.4, 0.5) is 5.95 Å². The fourth-order valence-corrected chi connectivity index (χ4v) is 3.68. The van der Waals surface area contributed by atoms with Crippen molar-refractivity contribution in [2.24, 2.45) is 0 Å². The van der Waals surface area contributed by atoms with Gasteiger partial charge in [-0.15, -0.1) is 0 Å². The first-order valence-electron chi connectivity index (χ1n) is 9.70. The number of anilines is 1. The van der Waals surface area contributed by atoms with Crippen molar-refractivity contribution in [1.82, 2.24) is 25.1 Å². The first-order chi connectivity index (χ1) is 13.8. The molecule has 0 bridgehead atoms. The van der Waals surface area contributed by atoms with Gasteiger partial charge in [0.1, 0.15) is 5.75 Å². The molecule has 1 aliphatic heterocycles. The largest absolute Gasteiger partial charge is 0.496 e. The first kappa shape index (κ1) is 18.4. The van der Waals surface area contributed by atoms with Crippen LogP contribution in [0.1, 0.15) is 24.0 Å². The minimum atomic E-state index is 0.425. The van der Waals surface area contributed by atoms with Crippen LogP contribution in [0.2, 0.25) is 0 Å². The molecule has 3 heterocycles. The van der Waals surface area contributed by atoms with E-state index in [4.69, 9.17) is 4.74 Å². The quantitative estimate of drug-likeness (QED) is 0.681. The Morgan fingerprint density at radius 1 is 1.18 bits per heavy atom. The molecule has 2 aromatic heterocycles. The van der Waals surface area contributed by atoms with E-state index >= 15 is 0 Å². The van der Waals surface area contributed by atoms with Crippen molar-refractivity contribution in [3.8, 4) is 5.75 Å². The molecule has 1 atom stereocenters. The van der Waals surface area contributed by atoms with Crippen LogP contribution in [-0.4, -0.2) is 46.0 Å². The predicted octanol–water partition coefficient (Wildman–Crippen LogP) is 2.49. The van der Waals surface area contributed by atoms with Gasteiger partial charge in [0.15, 0.2) is 0 Å². The van der Waals surface area contributed by atoms with Crippen LogP contribution in [0.3, 0.4) is 0 Å². The normalized spacial score (nSPS) is 16.9. The Balaban J connectivity index is 1.39.